The van der Waals surface area contributed by atoms with E-state index in [9.17, 15) is 19.5 Å². The zero-order chi connectivity index (χ0) is 17.1. The van der Waals surface area contributed by atoms with Gasteiger partial charge in [0.15, 0.2) is 0 Å². The highest BCUT2D eigenvalue weighted by Gasteiger charge is 2.26. The second kappa shape index (κ2) is 6.53. The molecule has 1 saturated heterocycles. The van der Waals surface area contributed by atoms with Gasteiger partial charge in [0.1, 0.15) is 11.4 Å². The van der Waals surface area contributed by atoms with Crippen LogP contribution >= 0.6 is 0 Å². The quantitative estimate of drug-likeness (QED) is 0.811. The second-order valence-electron chi connectivity index (χ2n) is 5.44. The molecule has 0 saturated carbocycles. The van der Waals surface area contributed by atoms with E-state index in [0.29, 0.717) is 31.7 Å². The van der Waals surface area contributed by atoms with E-state index in [1.807, 2.05) is 0 Å². The number of phenolic OH excluding ortho intramolecular Hbond substituents is 1. The number of benzene rings is 1. The highest BCUT2D eigenvalue weighted by molar-refractivity contribution is 5.95. The van der Waals surface area contributed by atoms with Gasteiger partial charge in [-0.3, -0.25) is 14.4 Å². The monoisotopic (exact) mass is 328 g/mol. The number of nitrogens with zero attached hydrogens (tertiary/aromatic N) is 3. The lowest BCUT2D eigenvalue weighted by Crippen LogP contribution is -2.50. The molecule has 0 spiro atoms. The number of piperazine rings is 1. The summed E-state index contributed by atoms with van der Waals surface area (Å²) in [7, 11) is 0. The molecule has 2 heterocycles. The first-order valence-corrected chi connectivity index (χ1v) is 7.48. The van der Waals surface area contributed by atoms with E-state index in [-0.39, 0.29) is 28.8 Å². The summed E-state index contributed by atoms with van der Waals surface area (Å²) in [5.41, 5.74) is 0.215. The summed E-state index contributed by atoms with van der Waals surface area (Å²) in [6.07, 6.45) is 0. The molecule has 3 rings (SSSR count). The molecule has 0 atom stereocenters. The van der Waals surface area contributed by atoms with Crippen LogP contribution in [0.1, 0.15) is 20.8 Å². The van der Waals surface area contributed by atoms with E-state index in [0.717, 1.165) is 0 Å². The third kappa shape index (κ3) is 3.27. The van der Waals surface area contributed by atoms with Gasteiger partial charge in [0.2, 0.25) is 0 Å². The number of carbonyl (C=O) groups excluding carboxylic acids is 2. The number of hydrogen-bond donors (Lipinski definition) is 2. The number of phenols is 1. The highest BCUT2D eigenvalue weighted by Crippen LogP contribution is 2.15. The smallest absolute Gasteiger partial charge is 0.274 e. The van der Waals surface area contributed by atoms with Gasteiger partial charge in [0, 0.05) is 37.8 Å². The fraction of sp³-hybridized carbons (Fsp3) is 0.250. The minimum absolute atomic E-state index is 0.0406. The molecule has 8 heteroatoms. The van der Waals surface area contributed by atoms with Crippen molar-refractivity contribution in [1.82, 2.24) is 20.0 Å². The van der Waals surface area contributed by atoms with Crippen molar-refractivity contribution >= 4 is 11.8 Å². The SMILES string of the molecule is O=C(c1cccc(O)c1)N1CCN(C(=O)c2ccc(=O)[nH]n2)CC1. The maximum atomic E-state index is 12.4. The standard InChI is InChI=1S/C16H16N4O4/c21-12-3-1-2-11(10-12)15(23)19-6-8-20(9-7-19)16(24)13-4-5-14(22)18-17-13/h1-5,10,21H,6-9H2,(H,18,22). The second-order valence-corrected chi connectivity index (χ2v) is 5.44. The predicted molar refractivity (Wildman–Crippen MR) is 84.8 cm³/mol. The Bertz CT molecular complexity index is 804. The average Bonchev–Trinajstić information content (AvgIpc) is 2.61. The number of H-pyrrole nitrogens is 1. The molecule has 0 unspecified atom stereocenters. The molecule has 2 amide bonds. The third-order valence-corrected chi connectivity index (χ3v) is 3.85. The first-order chi connectivity index (χ1) is 11.5. The summed E-state index contributed by atoms with van der Waals surface area (Å²) in [5.74, 6) is -0.422. The van der Waals surface area contributed by atoms with E-state index in [1.54, 1.807) is 21.9 Å². The number of nitrogens with one attached hydrogen (secondary N) is 1. The number of hydrogen-bond acceptors (Lipinski definition) is 5. The molecule has 0 aliphatic carbocycles. The van der Waals surface area contributed by atoms with Crippen LogP contribution in [0.2, 0.25) is 0 Å². The van der Waals surface area contributed by atoms with Crippen LogP contribution in [0.15, 0.2) is 41.2 Å². The Morgan fingerprint density at radius 2 is 1.67 bits per heavy atom. The topological polar surface area (TPSA) is 107 Å². The lowest BCUT2D eigenvalue weighted by atomic mass is 10.1. The normalized spacial score (nSPS) is 14.5. The summed E-state index contributed by atoms with van der Waals surface area (Å²) in [6, 6.07) is 8.82. The van der Waals surface area contributed by atoms with Crippen molar-refractivity contribution in [2.75, 3.05) is 26.2 Å². The molecule has 0 bridgehead atoms. The molecular formula is C16H16N4O4. The maximum absolute atomic E-state index is 12.4. The Labute approximate surface area is 137 Å². The minimum atomic E-state index is -0.368. The van der Waals surface area contributed by atoms with Crippen molar-refractivity contribution < 1.29 is 14.7 Å². The molecule has 1 aromatic heterocycles. The Morgan fingerprint density at radius 3 is 2.25 bits per heavy atom. The van der Waals surface area contributed by atoms with Crippen molar-refractivity contribution in [1.29, 1.82) is 0 Å². The van der Waals surface area contributed by atoms with Crippen LogP contribution in [0.25, 0.3) is 0 Å². The van der Waals surface area contributed by atoms with Gasteiger partial charge in [0.05, 0.1) is 0 Å². The molecule has 1 aromatic carbocycles. The number of aromatic nitrogens is 2. The van der Waals surface area contributed by atoms with Crippen LogP contribution in [-0.2, 0) is 0 Å². The Hall–Kier alpha value is -3.16. The van der Waals surface area contributed by atoms with Crippen LogP contribution in [0.4, 0.5) is 0 Å². The first kappa shape index (κ1) is 15.7. The van der Waals surface area contributed by atoms with Crippen LogP contribution in [0, 0.1) is 0 Å². The summed E-state index contributed by atoms with van der Waals surface area (Å²) in [5, 5.41) is 15.4. The molecule has 1 aliphatic heterocycles. The zero-order valence-electron chi connectivity index (χ0n) is 12.8. The predicted octanol–water partition coefficient (Wildman–Crippen LogP) is 0.0737. The van der Waals surface area contributed by atoms with Crippen LogP contribution in [0.5, 0.6) is 5.75 Å². The molecule has 124 valence electrons. The van der Waals surface area contributed by atoms with Crippen molar-refractivity contribution in [2.45, 2.75) is 0 Å². The first-order valence-electron chi connectivity index (χ1n) is 7.48. The van der Waals surface area contributed by atoms with E-state index in [2.05, 4.69) is 10.2 Å². The van der Waals surface area contributed by atoms with Crippen molar-refractivity contribution in [3.8, 4) is 5.75 Å². The largest absolute Gasteiger partial charge is 0.508 e. The van der Waals surface area contributed by atoms with Gasteiger partial charge >= 0.3 is 0 Å². The van der Waals surface area contributed by atoms with Crippen LogP contribution in [-0.4, -0.2) is 63.1 Å². The van der Waals surface area contributed by atoms with E-state index < -0.39 is 0 Å². The minimum Gasteiger partial charge on any atom is -0.508 e. The lowest BCUT2D eigenvalue weighted by molar-refractivity contribution is 0.0531. The lowest BCUT2D eigenvalue weighted by Gasteiger charge is -2.34. The highest BCUT2D eigenvalue weighted by atomic mass is 16.3. The molecule has 8 nitrogen and oxygen atoms in total. The number of aromatic amines is 1. The Kier molecular flexibility index (Phi) is 4.28. The van der Waals surface area contributed by atoms with Gasteiger partial charge in [-0.25, -0.2) is 5.10 Å². The van der Waals surface area contributed by atoms with Crippen molar-refractivity contribution in [3.63, 3.8) is 0 Å². The molecule has 2 N–H and O–H groups in total. The van der Waals surface area contributed by atoms with E-state index >= 15 is 0 Å². The van der Waals surface area contributed by atoms with Gasteiger partial charge in [-0.05, 0) is 24.3 Å². The third-order valence-electron chi connectivity index (χ3n) is 3.85. The number of carbonyl (C=O) groups is 2. The molecule has 1 fully saturated rings. The van der Waals surface area contributed by atoms with Gasteiger partial charge in [-0.15, -0.1) is 0 Å². The molecule has 2 aromatic rings. The van der Waals surface area contributed by atoms with E-state index in [4.69, 9.17) is 0 Å². The fourth-order valence-corrected chi connectivity index (χ4v) is 2.56. The summed E-state index contributed by atoms with van der Waals surface area (Å²) in [4.78, 5) is 38.9. The summed E-state index contributed by atoms with van der Waals surface area (Å²) >= 11 is 0. The molecule has 24 heavy (non-hydrogen) atoms. The van der Waals surface area contributed by atoms with Gasteiger partial charge in [-0.1, -0.05) is 6.07 Å². The Balaban J connectivity index is 1.63. The number of rotatable bonds is 2. The Morgan fingerprint density at radius 1 is 1.00 bits per heavy atom. The van der Waals surface area contributed by atoms with Gasteiger partial charge in [-0.2, -0.15) is 5.10 Å². The summed E-state index contributed by atoms with van der Waals surface area (Å²) in [6.45, 7) is 1.54. The summed E-state index contributed by atoms with van der Waals surface area (Å²) < 4.78 is 0. The van der Waals surface area contributed by atoms with Crippen LogP contribution in [0.3, 0.4) is 0 Å². The zero-order valence-corrected chi connectivity index (χ0v) is 12.8. The van der Waals surface area contributed by atoms with Gasteiger partial charge < -0.3 is 14.9 Å². The maximum Gasteiger partial charge on any atom is 0.274 e. The van der Waals surface area contributed by atoms with Crippen molar-refractivity contribution in [3.05, 3.63) is 58.0 Å². The molecule has 1 aliphatic rings. The van der Waals surface area contributed by atoms with Crippen LogP contribution < -0.4 is 5.56 Å². The number of amides is 2. The fourth-order valence-electron chi connectivity index (χ4n) is 2.56. The molecular weight excluding hydrogens is 312 g/mol. The molecule has 0 radical (unpaired) electrons. The number of aromatic hydroxyl groups is 1. The van der Waals surface area contributed by atoms with Gasteiger partial charge in [0.25, 0.3) is 17.4 Å². The van der Waals surface area contributed by atoms with E-state index in [1.165, 1.54) is 24.3 Å². The average molecular weight is 328 g/mol. The van der Waals surface area contributed by atoms with Crippen molar-refractivity contribution in [2.24, 2.45) is 0 Å².